The fraction of sp³-hybridized carbons (Fsp3) is 0.0455. The van der Waals surface area contributed by atoms with E-state index in [4.69, 9.17) is 34.8 Å². The predicted octanol–water partition coefficient (Wildman–Crippen LogP) is 6.05. The molecule has 0 aliphatic carbocycles. The van der Waals surface area contributed by atoms with Gasteiger partial charge in [-0.3, -0.25) is 9.59 Å². The Morgan fingerprint density at radius 1 is 0.800 bits per heavy atom. The highest BCUT2D eigenvalue weighted by atomic mass is 35.5. The number of nitrogens with zero attached hydrogens (tertiary/aromatic N) is 1. The fourth-order valence-electron chi connectivity index (χ4n) is 2.60. The van der Waals surface area contributed by atoms with Crippen LogP contribution in [-0.4, -0.2) is 17.5 Å². The average Bonchev–Trinajstić information content (AvgIpc) is 2.72. The smallest absolute Gasteiger partial charge is 0.272 e. The lowest BCUT2D eigenvalue weighted by molar-refractivity contribution is 0.0954. The highest BCUT2D eigenvalue weighted by Crippen LogP contribution is 2.22. The van der Waals surface area contributed by atoms with E-state index in [1.165, 1.54) is 6.07 Å². The van der Waals surface area contributed by atoms with Gasteiger partial charge in [0.25, 0.3) is 11.8 Å². The molecule has 8 heteroatoms. The van der Waals surface area contributed by atoms with E-state index in [1.54, 1.807) is 61.5 Å². The van der Waals surface area contributed by atoms with Crippen LogP contribution >= 0.6 is 34.8 Å². The summed E-state index contributed by atoms with van der Waals surface area (Å²) in [6.07, 6.45) is 0. The van der Waals surface area contributed by atoms with Crippen molar-refractivity contribution >= 4 is 58.0 Å². The van der Waals surface area contributed by atoms with Gasteiger partial charge in [-0.1, -0.05) is 59.1 Å². The number of rotatable bonds is 5. The fourth-order valence-corrected chi connectivity index (χ4v) is 3.31. The van der Waals surface area contributed by atoms with Gasteiger partial charge >= 0.3 is 0 Å². The molecule has 2 N–H and O–H groups in total. The molecule has 0 saturated heterocycles. The molecule has 0 atom stereocenters. The second kappa shape index (κ2) is 9.76. The molecule has 0 radical (unpaired) electrons. The maximum Gasteiger partial charge on any atom is 0.272 e. The predicted molar refractivity (Wildman–Crippen MR) is 122 cm³/mol. The number of nitrogens with one attached hydrogen (secondary N) is 2. The van der Waals surface area contributed by atoms with Crippen LogP contribution in [0.5, 0.6) is 0 Å². The van der Waals surface area contributed by atoms with Crippen LogP contribution < -0.4 is 10.7 Å². The molecule has 3 aromatic carbocycles. The van der Waals surface area contributed by atoms with Crippen molar-refractivity contribution in [1.82, 2.24) is 5.43 Å². The molecular weight excluding hydrogens is 445 g/mol. The summed E-state index contributed by atoms with van der Waals surface area (Å²) in [7, 11) is 0. The second-order valence-corrected chi connectivity index (χ2v) is 7.53. The monoisotopic (exact) mass is 459 g/mol. The summed E-state index contributed by atoms with van der Waals surface area (Å²) in [6, 6.07) is 18.4. The molecule has 0 aliphatic rings. The Morgan fingerprint density at radius 2 is 1.53 bits per heavy atom. The third-order valence-corrected chi connectivity index (χ3v) is 5.04. The molecule has 0 aliphatic heterocycles. The number of carbonyl (C=O) groups excluding carboxylic acids is 2. The van der Waals surface area contributed by atoms with E-state index in [9.17, 15) is 9.59 Å². The molecule has 30 heavy (non-hydrogen) atoms. The summed E-state index contributed by atoms with van der Waals surface area (Å²) in [5, 5.41) is 7.96. The first-order chi connectivity index (χ1) is 14.3. The number of hydrogen-bond donors (Lipinski definition) is 2. The van der Waals surface area contributed by atoms with Crippen LogP contribution in [-0.2, 0) is 0 Å². The first kappa shape index (κ1) is 21.8. The topological polar surface area (TPSA) is 70.6 Å². The molecule has 0 bridgehead atoms. The Bertz CT molecular complexity index is 1150. The first-order valence-corrected chi connectivity index (χ1v) is 9.94. The maximum atomic E-state index is 12.5. The molecule has 0 spiro atoms. The molecule has 0 saturated carbocycles. The molecule has 0 heterocycles. The van der Waals surface area contributed by atoms with Crippen molar-refractivity contribution in [3.63, 3.8) is 0 Å². The zero-order valence-electron chi connectivity index (χ0n) is 15.7. The Labute approximate surface area is 188 Å². The van der Waals surface area contributed by atoms with E-state index >= 15 is 0 Å². The highest BCUT2D eigenvalue weighted by molar-refractivity contribution is 6.37. The molecule has 0 fully saturated rings. The minimum absolute atomic E-state index is 0.260. The largest absolute Gasteiger partial charge is 0.322 e. The van der Waals surface area contributed by atoms with Gasteiger partial charge in [0.2, 0.25) is 0 Å². The number of benzene rings is 3. The zero-order valence-corrected chi connectivity index (χ0v) is 18.0. The van der Waals surface area contributed by atoms with Gasteiger partial charge in [0.15, 0.2) is 0 Å². The lowest BCUT2D eigenvalue weighted by Gasteiger charge is -2.09. The average molecular weight is 461 g/mol. The molecule has 3 aromatic rings. The highest BCUT2D eigenvalue weighted by Gasteiger charge is 2.12. The Hall–Kier alpha value is -2.86. The van der Waals surface area contributed by atoms with E-state index in [0.717, 1.165) is 5.56 Å². The number of anilines is 1. The Kier molecular flexibility index (Phi) is 7.11. The van der Waals surface area contributed by atoms with Crippen molar-refractivity contribution in [2.24, 2.45) is 5.10 Å². The number of hydrogen-bond acceptors (Lipinski definition) is 3. The van der Waals surface area contributed by atoms with Gasteiger partial charge in [-0.25, -0.2) is 5.43 Å². The van der Waals surface area contributed by atoms with Gasteiger partial charge in [0.1, 0.15) is 0 Å². The summed E-state index contributed by atoms with van der Waals surface area (Å²) in [6.45, 7) is 1.74. The van der Waals surface area contributed by atoms with E-state index in [1.807, 2.05) is 6.07 Å². The molecule has 5 nitrogen and oxygen atoms in total. The van der Waals surface area contributed by atoms with Crippen LogP contribution in [0.1, 0.15) is 33.2 Å². The quantitative estimate of drug-likeness (QED) is 0.359. The standard InChI is InChI=1S/C22H16Cl3N3O2/c1-13(27-28-22(30)17-7-2-3-8-19(17)24)14-5-4-6-16(11-14)26-21(29)18-10-9-15(23)12-20(18)25/h2-12H,1H3,(H,26,29)(H,28,30)/b27-13-. The van der Waals surface area contributed by atoms with Crippen LogP contribution in [0.3, 0.4) is 0 Å². The van der Waals surface area contributed by atoms with Crippen LogP contribution in [0.4, 0.5) is 5.69 Å². The Morgan fingerprint density at radius 3 is 2.27 bits per heavy atom. The summed E-state index contributed by atoms with van der Waals surface area (Å²) in [5.74, 6) is -0.780. The van der Waals surface area contributed by atoms with Gasteiger partial charge in [-0.2, -0.15) is 5.10 Å². The zero-order chi connectivity index (χ0) is 21.7. The van der Waals surface area contributed by atoms with Gasteiger partial charge in [0, 0.05) is 10.7 Å². The van der Waals surface area contributed by atoms with Gasteiger partial charge < -0.3 is 5.32 Å². The third kappa shape index (κ3) is 5.39. The number of carbonyl (C=O) groups is 2. The van der Waals surface area contributed by atoms with Gasteiger partial charge in [-0.05, 0) is 55.0 Å². The van der Waals surface area contributed by atoms with E-state index in [0.29, 0.717) is 32.6 Å². The van der Waals surface area contributed by atoms with Crippen molar-refractivity contribution in [2.45, 2.75) is 6.92 Å². The SMILES string of the molecule is C/C(=N/NC(=O)c1ccccc1Cl)c1cccc(NC(=O)c2ccc(Cl)cc2Cl)c1. The molecule has 3 rings (SSSR count). The van der Waals surface area contributed by atoms with E-state index < -0.39 is 5.91 Å². The summed E-state index contributed by atoms with van der Waals surface area (Å²) >= 11 is 18.0. The van der Waals surface area contributed by atoms with Gasteiger partial charge in [-0.15, -0.1) is 0 Å². The first-order valence-electron chi connectivity index (χ1n) is 8.81. The lowest BCUT2D eigenvalue weighted by atomic mass is 10.1. The lowest BCUT2D eigenvalue weighted by Crippen LogP contribution is -2.19. The minimum Gasteiger partial charge on any atom is -0.322 e. The van der Waals surface area contributed by atoms with Crippen molar-refractivity contribution in [2.75, 3.05) is 5.32 Å². The molecule has 2 amide bonds. The van der Waals surface area contributed by atoms with Crippen molar-refractivity contribution in [3.05, 3.63) is 98.5 Å². The summed E-state index contributed by atoms with van der Waals surface area (Å²) < 4.78 is 0. The van der Waals surface area contributed by atoms with Crippen molar-refractivity contribution in [1.29, 1.82) is 0 Å². The van der Waals surface area contributed by atoms with Crippen LogP contribution in [0, 0.1) is 0 Å². The van der Waals surface area contributed by atoms with Gasteiger partial charge in [0.05, 0.1) is 26.9 Å². The van der Waals surface area contributed by atoms with E-state index in [-0.39, 0.29) is 10.9 Å². The second-order valence-electron chi connectivity index (χ2n) is 6.28. The number of amides is 2. The van der Waals surface area contributed by atoms with Crippen molar-refractivity contribution < 1.29 is 9.59 Å². The number of hydrazone groups is 1. The summed E-state index contributed by atoms with van der Waals surface area (Å²) in [4.78, 5) is 24.7. The maximum absolute atomic E-state index is 12.5. The van der Waals surface area contributed by atoms with Crippen LogP contribution in [0.2, 0.25) is 15.1 Å². The molecule has 0 aromatic heterocycles. The van der Waals surface area contributed by atoms with Crippen LogP contribution in [0.25, 0.3) is 0 Å². The van der Waals surface area contributed by atoms with E-state index in [2.05, 4.69) is 15.8 Å². The number of halogens is 3. The summed E-state index contributed by atoms with van der Waals surface area (Å²) in [5.41, 5.74) is 4.94. The van der Waals surface area contributed by atoms with Crippen molar-refractivity contribution in [3.8, 4) is 0 Å². The normalized spacial score (nSPS) is 11.1. The molecule has 0 unspecified atom stereocenters. The molecule has 152 valence electrons. The third-order valence-electron chi connectivity index (χ3n) is 4.16. The molecular formula is C22H16Cl3N3O2. The van der Waals surface area contributed by atoms with Crippen LogP contribution in [0.15, 0.2) is 71.8 Å². The minimum atomic E-state index is -0.415. The Balaban J connectivity index is 1.72.